The van der Waals surface area contributed by atoms with Crippen LogP contribution in [0.3, 0.4) is 0 Å². The van der Waals surface area contributed by atoms with Crippen LogP contribution in [-0.2, 0) is 18.3 Å². The number of benzene rings is 1. The molecule has 1 saturated heterocycles. The summed E-state index contributed by atoms with van der Waals surface area (Å²) in [5, 5.41) is 15.4. The van der Waals surface area contributed by atoms with Crippen molar-refractivity contribution < 1.29 is 4.74 Å². The number of likely N-dealkylation sites (N-methyl/N-ethyl adjacent to an activating group) is 1. The molecule has 2 N–H and O–H groups in total. The van der Waals surface area contributed by atoms with E-state index < -0.39 is 0 Å². The average molecular weight is 571 g/mol. The summed E-state index contributed by atoms with van der Waals surface area (Å²) >= 11 is 0. The van der Waals surface area contributed by atoms with E-state index in [2.05, 4.69) is 75.9 Å². The van der Waals surface area contributed by atoms with Crippen LogP contribution in [0.5, 0.6) is 0 Å². The number of ether oxygens (including phenoxy) is 1. The first-order valence-electron chi connectivity index (χ1n) is 11.4. The van der Waals surface area contributed by atoms with Gasteiger partial charge in [0.1, 0.15) is 12.4 Å². The van der Waals surface area contributed by atoms with Crippen LogP contribution in [-0.4, -0.2) is 84.7 Å². The number of para-hydroxylation sites is 1. The van der Waals surface area contributed by atoms with Gasteiger partial charge in [0.15, 0.2) is 11.8 Å². The van der Waals surface area contributed by atoms with Crippen LogP contribution in [0.4, 0.5) is 5.69 Å². The molecular formula is C23H39IN8O. The zero-order chi connectivity index (χ0) is 22.9. The maximum absolute atomic E-state index is 5.98. The molecule has 10 heteroatoms. The zero-order valence-electron chi connectivity index (χ0n) is 20.5. The first-order chi connectivity index (χ1) is 15.4. The van der Waals surface area contributed by atoms with Gasteiger partial charge in [-0.25, -0.2) is 4.99 Å². The Balaban J connectivity index is 0.00000385. The minimum Gasteiger partial charge on any atom is -0.375 e. The largest absolute Gasteiger partial charge is 0.375 e. The van der Waals surface area contributed by atoms with Crippen molar-refractivity contribution >= 4 is 35.6 Å². The third-order valence-electron chi connectivity index (χ3n) is 5.94. The number of nitrogens with one attached hydrogen (secondary N) is 2. The molecule has 1 aromatic heterocycles. The summed E-state index contributed by atoms with van der Waals surface area (Å²) in [4.78, 5) is 9.36. The molecule has 0 saturated carbocycles. The van der Waals surface area contributed by atoms with E-state index in [1.165, 1.54) is 5.69 Å². The number of aliphatic imine (C=N–C) groups is 1. The molecule has 2 atom stereocenters. The van der Waals surface area contributed by atoms with Gasteiger partial charge in [0.25, 0.3) is 0 Å². The summed E-state index contributed by atoms with van der Waals surface area (Å²) in [5.41, 5.74) is 1.23. The van der Waals surface area contributed by atoms with Crippen LogP contribution in [0, 0.1) is 6.92 Å². The topological polar surface area (TPSA) is 82.8 Å². The van der Waals surface area contributed by atoms with E-state index in [1.54, 1.807) is 0 Å². The molecule has 1 fully saturated rings. The second kappa shape index (κ2) is 13.7. The summed E-state index contributed by atoms with van der Waals surface area (Å²) < 4.78 is 7.95. The van der Waals surface area contributed by atoms with Gasteiger partial charge < -0.3 is 29.7 Å². The van der Waals surface area contributed by atoms with E-state index >= 15 is 0 Å². The van der Waals surface area contributed by atoms with E-state index in [0.717, 1.165) is 56.8 Å². The van der Waals surface area contributed by atoms with Crippen LogP contribution in [0.15, 0.2) is 35.3 Å². The molecule has 33 heavy (non-hydrogen) atoms. The van der Waals surface area contributed by atoms with Crippen molar-refractivity contribution in [2.45, 2.75) is 39.0 Å². The van der Waals surface area contributed by atoms with Crippen molar-refractivity contribution in [1.29, 1.82) is 0 Å². The van der Waals surface area contributed by atoms with E-state index in [-0.39, 0.29) is 36.1 Å². The van der Waals surface area contributed by atoms with Crippen LogP contribution in [0.1, 0.15) is 25.0 Å². The SMILES string of the molecule is Cc1nnc(CN=C(NCCCN(C)c2ccccc2)NC(C)C2CN(C)CCO2)n1C.I. The minimum atomic E-state index is 0. The Hall–Kier alpha value is -1.92. The van der Waals surface area contributed by atoms with Crippen molar-refractivity contribution in [3.8, 4) is 0 Å². The average Bonchev–Trinajstić information content (AvgIpc) is 3.12. The highest BCUT2D eigenvalue weighted by molar-refractivity contribution is 14.0. The number of hydrogen-bond donors (Lipinski definition) is 2. The molecule has 0 bridgehead atoms. The molecule has 0 radical (unpaired) electrons. The van der Waals surface area contributed by atoms with Gasteiger partial charge >= 0.3 is 0 Å². The Morgan fingerprint density at radius 2 is 2.03 bits per heavy atom. The standard InChI is InChI=1S/C23H38N8O.HI/c1-18(21-17-29(3)14-15-32-21)26-23(25-16-22-28-27-19(2)31(22)5)24-12-9-13-30(4)20-10-7-6-8-11-20;/h6-8,10-11,18,21H,9,12-17H2,1-5H3,(H2,24,25,26);1H. The summed E-state index contributed by atoms with van der Waals surface area (Å²) in [6.07, 6.45) is 1.12. The van der Waals surface area contributed by atoms with Crippen molar-refractivity contribution in [2.75, 3.05) is 51.8 Å². The maximum Gasteiger partial charge on any atom is 0.192 e. The first kappa shape index (κ1) is 27.3. The van der Waals surface area contributed by atoms with Crippen LogP contribution in [0.25, 0.3) is 0 Å². The van der Waals surface area contributed by atoms with Gasteiger partial charge in [0.05, 0.1) is 18.8 Å². The van der Waals surface area contributed by atoms with Gasteiger partial charge in [-0.05, 0) is 39.4 Å². The fourth-order valence-corrected chi connectivity index (χ4v) is 3.65. The van der Waals surface area contributed by atoms with Gasteiger partial charge in [-0.3, -0.25) is 0 Å². The van der Waals surface area contributed by atoms with Crippen molar-refractivity contribution in [2.24, 2.45) is 12.0 Å². The predicted molar refractivity (Wildman–Crippen MR) is 144 cm³/mol. The minimum absolute atomic E-state index is 0. The van der Waals surface area contributed by atoms with E-state index in [1.807, 2.05) is 24.6 Å². The summed E-state index contributed by atoms with van der Waals surface area (Å²) in [6, 6.07) is 10.6. The van der Waals surface area contributed by atoms with Crippen molar-refractivity contribution in [3.05, 3.63) is 42.0 Å². The number of anilines is 1. The molecule has 9 nitrogen and oxygen atoms in total. The highest BCUT2D eigenvalue weighted by Crippen LogP contribution is 2.11. The Labute approximate surface area is 215 Å². The molecule has 2 aromatic rings. The Morgan fingerprint density at radius 3 is 2.70 bits per heavy atom. The normalized spacial score (nSPS) is 17.8. The molecule has 2 heterocycles. The summed E-state index contributed by atoms with van der Waals surface area (Å²) in [5.74, 6) is 2.50. The lowest BCUT2D eigenvalue weighted by Gasteiger charge is -2.34. The number of nitrogens with zero attached hydrogens (tertiary/aromatic N) is 6. The monoisotopic (exact) mass is 570 g/mol. The molecule has 0 amide bonds. The highest BCUT2D eigenvalue weighted by Gasteiger charge is 2.24. The summed E-state index contributed by atoms with van der Waals surface area (Å²) in [6.45, 7) is 8.98. The van der Waals surface area contributed by atoms with E-state index in [9.17, 15) is 0 Å². The smallest absolute Gasteiger partial charge is 0.192 e. The lowest BCUT2D eigenvalue weighted by Crippen LogP contribution is -2.53. The van der Waals surface area contributed by atoms with Crippen molar-refractivity contribution in [1.82, 2.24) is 30.3 Å². The quantitative estimate of drug-likeness (QED) is 0.207. The van der Waals surface area contributed by atoms with Gasteiger partial charge in [-0.15, -0.1) is 34.2 Å². The number of halogens is 1. The van der Waals surface area contributed by atoms with Crippen LogP contribution in [0.2, 0.25) is 0 Å². The Kier molecular flexibility index (Phi) is 11.3. The van der Waals surface area contributed by atoms with E-state index in [4.69, 9.17) is 9.73 Å². The van der Waals surface area contributed by atoms with E-state index in [0.29, 0.717) is 6.54 Å². The fraction of sp³-hybridized carbons (Fsp3) is 0.609. The lowest BCUT2D eigenvalue weighted by atomic mass is 10.1. The molecular weight excluding hydrogens is 531 g/mol. The molecule has 3 rings (SSSR count). The van der Waals surface area contributed by atoms with Crippen molar-refractivity contribution in [3.63, 3.8) is 0 Å². The molecule has 0 spiro atoms. The van der Waals surface area contributed by atoms with Gasteiger partial charge in [-0.1, -0.05) is 18.2 Å². The summed E-state index contributed by atoms with van der Waals surface area (Å²) in [7, 11) is 6.22. The second-order valence-corrected chi connectivity index (χ2v) is 8.53. The fourth-order valence-electron chi connectivity index (χ4n) is 3.65. The number of morpholine rings is 1. The second-order valence-electron chi connectivity index (χ2n) is 8.53. The molecule has 1 aromatic carbocycles. The molecule has 1 aliphatic rings. The highest BCUT2D eigenvalue weighted by atomic mass is 127. The van der Waals surface area contributed by atoms with Crippen LogP contribution >= 0.6 is 24.0 Å². The maximum atomic E-state index is 5.98. The molecule has 184 valence electrons. The first-order valence-corrected chi connectivity index (χ1v) is 11.4. The Morgan fingerprint density at radius 1 is 1.27 bits per heavy atom. The number of aryl methyl sites for hydroxylation is 1. The number of rotatable bonds is 9. The van der Waals surface area contributed by atoms with Gasteiger partial charge in [0.2, 0.25) is 0 Å². The van der Waals surface area contributed by atoms with Gasteiger partial charge in [0, 0.05) is 46.0 Å². The predicted octanol–water partition coefficient (Wildman–Crippen LogP) is 2.02. The molecule has 2 unspecified atom stereocenters. The molecule has 0 aliphatic carbocycles. The Bertz CT molecular complexity index is 859. The molecule has 1 aliphatic heterocycles. The third kappa shape index (κ3) is 8.42. The number of hydrogen-bond acceptors (Lipinski definition) is 6. The lowest BCUT2D eigenvalue weighted by molar-refractivity contribution is -0.0324. The third-order valence-corrected chi connectivity index (χ3v) is 5.94. The van der Waals surface area contributed by atoms with Crippen LogP contribution < -0.4 is 15.5 Å². The van der Waals surface area contributed by atoms with Gasteiger partial charge in [-0.2, -0.15) is 0 Å². The number of guanidine groups is 1. The number of aromatic nitrogens is 3. The zero-order valence-corrected chi connectivity index (χ0v) is 22.8.